The average Bonchev–Trinajstić information content (AvgIpc) is 2.79. The van der Waals surface area contributed by atoms with Crippen molar-refractivity contribution < 1.29 is 23.9 Å². The fourth-order valence-corrected chi connectivity index (χ4v) is 3.24. The van der Waals surface area contributed by atoms with Crippen LogP contribution in [0.2, 0.25) is 0 Å². The zero-order chi connectivity index (χ0) is 15.6. The molecule has 0 saturated heterocycles. The van der Waals surface area contributed by atoms with Crippen molar-refractivity contribution in [2.45, 2.75) is 19.3 Å². The molecule has 1 aromatic rings. The van der Waals surface area contributed by atoms with Crippen LogP contribution in [0.1, 0.15) is 24.8 Å². The first-order valence-corrected chi connectivity index (χ1v) is 6.73. The molecule has 0 aliphatic heterocycles. The van der Waals surface area contributed by atoms with Crippen LogP contribution >= 0.6 is 0 Å². The van der Waals surface area contributed by atoms with Gasteiger partial charge in [-0.1, -0.05) is 37.3 Å². The first-order valence-electron chi connectivity index (χ1n) is 6.73. The summed E-state index contributed by atoms with van der Waals surface area (Å²) in [5.74, 6) is -2.61. The third-order valence-electron chi connectivity index (χ3n) is 4.25. The number of ketones is 1. The first-order chi connectivity index (χ1) is 9.98. The van der Waals surface area contributed by atoms with E-state index in [9.17, 15) is 14.4 Å². The molecule has 2 rings (SSSR count). The van der Waals surface area contributed by atoms with Crippen LogP contribution in [0, 0.1) is 11.3 Å². The number of hydrogen-bond donors (Lipinski definition) is 0. The van der Waals surface area contributed by atoms with Gasteiger partial charge in [-0.25, -0.2) is 0 Å². The number of carbonyl (C=O) groups excluding carboxylic acids is 3. The van der Waals surface area contributed by atoms with E-state index < -0.39 is 29.2 Å². The standard InChI is InChI=1S/C16H18O5/c1-10-12(17)9-16(14(18)20-2,15(19)21-3)13(10)11-7-5-4-6-8-11/h4-8,10,13H,9H2,1-3H3/t10-,13-/m1/s1. The first kappa shape index (κ1) is 15.2. The Morgan fingerprint density at radius 3 is 2.10 bits per heavy atom. The minimum Gasteiger partial charge on any atom is -0.468 e. The van der Waals surface area contributed by atoms with Crippen LogP contribution in [-0.4, -0.2) is 31.9 Å². The highest BCUT2D eigenvalue weighted by molar-refractivity contribution is 6.08. The average molecular weight is 290 g/mol. The van der Waals surface area contributed by atoms with Crippen molar-refractivity contribution in [3.8, 4) is 0 Å². The van der Waals surface area contributed by atoms with Gasteiger partial charge in [0.2, 0.25) is 0 Å². The Labute approximate surface area is 123 Å². The maximum atomic E-state index is 12.3. The minimum atomic E-state index is -1.60. The largest absolute Gasteiger partial charge is 0.468 e. The van der Waals surface area contributed by atoms with E-state index in [2.05, 4.69) is 0 Å². The third kappa shape index (κ3) is 2.22. The molecule has 1 aliphatic carbocycles. The van der Waals surface area contributed by atoms with Crippen molar-refractivity contribution in [2.75, 3.05) is 14.2 Å². The van der Waals surface area contributed by atoms with Crippen LogP contribution < -0.4 is 0 Å². The lowest BCUT2D eigenvalue weighted by Gasteiger charge is -2.31. The molecule has 0 aromatic heterocycles. The second-order valence-corrected chi connectivity index (χ2v) is 5.27. The van der Waals surface area contributed by atoms with Crippen LogP contribution in [0.25, 0.3) is 0 Å². The summed E-state index contributed by atoms with van der Waals surface area (Å²) < 4.78 is 9.63. The predicted molar refractivity (Wildman–Crippen MR) is 74.4 cm³/mol. The van der Waals surface area contributed by atoms with Gasteiger partial charge in [-0.05, 0) is 5.56 Å². The highest BCUT2D eigenvalue weighted by atomic mass is 16.5. The number of benzene rings is 1. The van der Waals surface area contributed by atoms with Crippen molar-refractivity contribution in [2.24, 2.45) is 11.3 Å². The van der Waals surface area contributed by atoms with Crippen LogP contribution in [0.5, 0.6) is 0 Å². The van der Waals surface area contributed by atoms with E-state index in [0.717, 1.165) is 5.56 Å². The van der Waals surface area contributed by atoms with Crippen molar-refractivity contribution in [1.29, 1.82) is 0 Å². The molecule has 2 atom stereocenters. The van der Waals surface area contributed by atoms with Gasteiger partial charge in [0.1, 0.15) is 5.78 Å². The maximum absolute atomic E-state index is 12.3. The number of rotatable bonds is 3. The highest BCUT2D eigenvalue weighted by Gasteiger charge is 2.63. The molecule has 0 unspecified atom stereocenters. The highest BCUT2D eigenvalue weighted by Crippen LogP contribution is 2.52. The van der Waals surface area contributed by atoms with E-state index in [1.807, 2.05) is 18.2 Å². The number of Topliss-reactive ketones (excluding diaryl/α,β-unsaturated/α-hetero) is 1. The zero-order valence-electron chi connectivity index (χ0n) is 12.3. The molecule has 0 heterocycles. The number of ether oxygens (including phenoxy) is 2. The molecular weight excluding hydrogens is 272 g/mol. The van der Waals surface area contributed by atoms with Crippen molar-refractivity contribution in [3.63, 3.8) is 0 Å². The van der Waals surface area contributed by atoms with E-state index >= 15 is 0 Å². The van der Waals surface area contributed by atoms with Gasteiger partial charge in [0, 0.05) is 18.3 Å². The Kier molecular flexibility index (Phi) is 4.11. The van der Waals surface area contributed by atoms with E-state index in [4.69, 9.17) is 9.47 Å². The lowest BCUT2D eigenvalue weighted by molar-refractivity contribution is -0.170. The molecule has 1 aromatic carbocycles. The lowest BCUT2D eigenvalue weighted by atomic mass is 9.72. The van der Waals surface area contributed by atoms with Gasteiger partial charge in [0.05, 0.1) is 14.2 Å². The zero-order valence-corrected chi connectivity index (χ0v) is 12.3. The Bertz CT molecular complexity index is 547. The summed E-state index contributed by atoms with van der Waals surface area (Å²) in [4.78, 5) is 36.9. The van der Waals surface area contributed by atoms with E-state index in [1.165, 1.54) is 14.2 Å². The quantitative estimate of drug-likeness (QED) is 0.626. The van der Waals surface area contributed by atoms with E-state index in [1.54, 1.807) is 19.1 Å². The Morgan fingerprint density at radius 1 is 1.10 bits per heavy atom. The SMILES string of the molecule is COC(=O)C1(C(=O)OC)CC(=O)[C@@H](C)[C@@H]1c1ccccc1. The predicted octanol–water partition coefficient (Wildman–Crippen LogP) is 1.71. The molecule has 112 valence electrons. The molecule has 0 spiro atoms. The van der Waals surface area contributed by atoms with Gasteiger partial charge < -0.3 is 9.47 Å². The maximum Gasteiger partial charge on any atom is 0.324 e. The molecule has 1 saturated carbocycles. The molecule has 5 nitrogen and oxygen atoms in total. The Morgan fingerprint density at radius 2 is 1.62 bits per heavy atom. The monoisotopic (exact) mass is 290 g/mol. The molecule has 1 fully saturated rings. The van der Waals surface area contributed by atoms with Crippen molar-refractivity contribution >= 4 is 17.7 Å². The van der Waals surface area contributed by atoms with Crippen LogP contribution in [0.3, 0.4) is 0 Å². The normalized spacial score (nSPS) is 23.7. The Balaban J connectivity index is 2.63. The molecule has 0 radical (unpaired) electrons. The fraction of sp³-hybridized carbons (Fsp3) is 0.438. The summed E-state index contributed by atoms with van der Waals surface area (Å²) in [7, 11) is 2.42. The van der Waals surface area contributed by atoms with Crippen molar-refractivity contribution in [1.82, 2.24) is 0 Å². The molecule has 5 heteroatoms. The van der Waals surface area contributed by atoms with E-state index in [0.29, 0.717) is 0 Å². The summed E-state index contributed by atoms with van der Waals surface area (Å²) in [6.45, 7) is 1.73. The molecular formula is C16H18O5. The summed E-state index contributed by atoms with van der Waals surface area (Å²) in [5.41, 5.74) is -0.840. The molecule has 0 N–H and O–H groups in total. The number of esters is 2. The molecule has 0 amide bonds. The minimum absolute atomic E-state index is 0.139. The molecule has 0 bridgehead atoms. The number of hydrogen-bond acceptors (Lipinski definition) is 5. The van der Waals surface area contributed by atoms with Gasteiger partial charge in [-0.2, -0.15) is 0 Å². The van der Waals surface area contributed by atoms with Gasteiger partial charge in [0.15, 0.2) is 5.41 Å². The molecule has 21 heavy (non-hydrogen) atoms. The number of methoxy groups -OCH3 is 2. The smallest absolute Gasteiger partial charge is 0.324 e. The van der Waals surface area contributed by atoms with Gasteiger partial charge in [0.25, 0.3) is 0 Å². The summed E-state index contributed by atoms with van der Waals surface area (Å²) in [5, 5.41) is 0. The Hall–Kier alpha value is -2.17. The van der Waals surface area contributed by atoms with E-state index in [-0.39, 0.29) is 12.2 Å². The number of carbonyl (C=O) groups is 3. The lowest BCUT2D eigenvalue weighted by Crippen LogP contribution is -2.44. The topological polar surface area (TPSA) is 69.7 Å². The summed E-state index contributed by atoms with van der Waals surface area (Å²) in [6, 6.07) is 9.07. The third-order valence-corrected chi connectivity index (χ3v) is 4.25. The van der Waals surface area contributed by atoms with Crippen LogP contribution in [0.15, 0.2) is 30.3 Å². The van der Waals surface area contributed by atoms with Crippen LogP contribution in [-0.2, 0) is 23.9 Å². The second kappa shape index (κ2) is 5.68. The summed E-state index contributed by atoms with van der Waals surface area (Å²) in [6.07, 6.45) is -0.187. The summed E-state index contributed by atoms with van der Waals surface area (Å²) >= 11 is 0. The van der Waals surface area contributed by atoms with Gasteiger partial charge in [-0.3, -0.25) is 14.4 Å². The van der Waals surface area contributed by atoms with Gasteiger partial charge >= 0.3 is 11.9 Å². The fourth-order valence-electron chi connectivity index (χ4n) is 3.24. The second-order valence-electron chi connectivity index (χ2n) is 5.27. The molecule has 1 aliphatic rings. The van der Waals surface area contributed by atoms with Crippen LogP contribution in [0.4, 0.5) is 0 Å². The van der Waals surface area contributed by atoms with Crippen molar-refractivity contribution in [3.05, 3.63) is 35.9 Å². The van der Waals surface area contributed by atoms with Gasteiger partial charge in [-0.15, -0.1) is 0 Å².